The fraction of sp³-hybridized carbons (Fsp3) is 0.625. The molecule has 0 aromatic rings. The van der Waals surface area contributed by atoms with Gasteiger partial charge >= 0.3 is 0 Å². The van der Waals surface area contributed by atoms with Crippen LogP contribution >= 0.6 is 0 Å². The Morgan fingerprint density at radius 2 is 1.92 bits per heavy atom. The summed E-state index contributed by atoms with van der Waals surface area (Å²) in [5.41, 5.74) is 0. The zero-order valence-electron chi connectivity index (χ0n) is 7.57. The third kappa shape index (κ3) is 6.27. The van der Waals surface area contributed by atoms with Crippen molar-refractivity contribution < 1.29 is 15.0 Å². The van der Waals surface area contributed by atoms with Crippen LogP contribution in [0, 0.1) is 0 Å². The summed E-state index contributed by atoms with van der Waals surface area (Å²) < 4.78 is 0. The van der Waals surface area contributed by atoms with E-state index < -0.39 is 0 Å². The molecule has 0 atom stereocenters. The molecule has 0 radical (unpaired) electrons. The molecule has 0 aliphatic rings. The third-order valence-electron chi connectivity index (χ3n) is 1.49. The van der Waals surface area contributed by atoms with E-state index >= 15 is 0 Å². The minimum absolute atomic E-state index is 0.00393. The average Bonchev–Trinajstić information content (AvgIpc) is 2.14. The first kappa shape index (κ1) is 12.1. The summed E-state index contributed by atoms with van der Waals surface area (Å²) in [7, 11) is 0. The number of nitrogens with zero attached hydrogens (tertiary/aromatic N) is 1. The zero-order chi connectivity index (χ0) is 10.1. The molecule has 3 N–H and O–H groups in total. The molecule has 0 rings (SSSR count). The van der Waals surface area contributed by atoms with Crippen LogP contribution < -0.4 is 5.32 Å². The number of amides is 1. The van der Waals surface area contributed by atoms with E-state index in [-0.39, 0.29) is 19.1 Å². The summed E-state index contributed by atoms with van der Waals surface area (Å²) in [6.45, 7) is 4.48. The summed E-state index contributed by atoms with van der Waals surface area (Å²) in [6.07, 6.45) is 1.18. The van der Waals surface area contributed by atoms with Crippen molar-refractivity contribution in [3.8, 4) is 0 Å². The average molecular weight is 188 g/mol. The third-order valence-corrected chi connectivity index (χ3v) is 1.49. The lowest BCUT2D eigenvalue weighted by molar-refractivity contribution is -0.117. The molecule has 0 fully saturated rings. The van der Waals surface area contributed by atoms with Crippen molar-refractivity contribution in [3.05, 3.63) is 12.7 Å². The summed E-state index contributed by atoms with van der Waals surface area (Å²) in [5, 5.41) is 19.8. The summed E-state index contributed by atoms with van der Waals surface area (Å²) >= 11 is 0. The Hall–Kier alpha value is -0.910. The lowest BCUT2D eigenvalue weighted by Crippen LogP contribution is -2.39. The van der Waals surface area contributed by atoms with Gasteiger partial charge in [-0.05, 0) is 6.08 Å². The van der Waals surface area contributed by atoms with Gasteiger partial charge in [-0.3, -0.25) is 9.69 Å². The normalized spacial score (nSPS) is 10.1. The molecule has 0 unspecified atom stereocenters. The van der Waals surface area contributed by atoms with Crippen LogP contribution in [-0.4, -0.2) is 54.0 Å². The van der Waals surface area contributed by atoms with Crippen LogP contribution in [0.5, 0.6) is 0 Å². The summed E-state index contributed by atoms with van der Waals surface area (Å²) in [4.78, 5) is 12.5. The molecule has 0 saturated heterocycles. The number of hydrogen-bond donors (Lipinski definition) is 3. The van der Waals surface area contributed by atoms with Crippen molar-refractivity contribution in [2.75, 3.05) is 33.0 Å². The quantitative estimate of drug-likeness (QED) is 0.337. The van der Waals surface area contributed by atoms with Crippen LogP contribution in [-0.2, 0) is 4.79 Å². The van der Waals surface area contributed by atoms with Crippen LogP contribution in [0.1, 0.15) is 0 Å². The first-order valence-corrected chi connectivity index (χ1v) is 4.09. The maximum absolute atomic E-state index is 10.7. The van der Waals surface area contributed by atoms with E-state index in [1.165, 1.54) is 6.08 Å². The Morgan fingerprint density at radius 1 is 1.38 bits per heavy atom. The van der Waals surface area contributed by atoms with Crippen LogP contribution in [0.3, 0.4) is 0 Å². The van der Waals surface area contributed by atoms with Crippen LogP contribution in [0.2, 0.25) is 0 Å². The number of aliphatic hydroxyl groups is 2. The van der Waals surface area contributed by atoms with Gasteiger partial charge in [0.25, 0.3) is 0 Å². The number of carbonyl (C=O) groups is 1. The molecule has 0 saturated carbocycles. The van der Waals surface area contributed by atoms with E-state index in [9.17, 15) is 4.79 Å². The Kier molecular flexibility index (Phi) is 7.18. The van der Waals surface area contributed by atoms with Gasteiger partial charge < -0.3 is 15.5 Å². The SMILES string of the molecule is C=CC(=O)NCN(CCO)CCO. The van der Waals surface area contributed by atoms with Crippen LogP contribution in [0.4, 0.5) is 0 Å². The van der Waals surface area contributed by atoms with Crippen molar-refractivity contribution >= 4 is 5.91 Å². The highest BCUT2D eigenvalue weighted by molar-refractivity contribution is 5.86. The lowest BCUT2D eigenvalue weighted by Gasteiger charge is -2.19. The van der Waals surface area contributed by atoms with E-state index in [2.05, 4.69) is 11.9 Å². The molecule has 0 aliphatic heterocycles. The minimum Gasteiger partial charge on any atom is -0.395 e. The van der Waals surface area contributed by atoms with Gasteiger partial charge in [0.1, 0.15) is 0 Å². The second-order valence-corrected chi connectivity index (χ2v) is 2.47. The van der Waals surface area contributed by atoms with Crippen molar-refractivity contribution in [2.45, 2.75) is 0 Å². The van der Waals surface area contributed by atoms with E-state index in [4.69, 9.17) is 10.2 Å². The lowest BCUT2D eigenvalue weighted by atomic mass is 10.5. The Morgan fingerprint density at radius 3 is 2.31 bits per heavy atom. The first-order chi connectivity index (χ1) is 6.24. The molecular weight excluding hydrogens is 172 g/mol. The van der Waals surface area contributed by atoms with Crippen LogP contribution in [0.15, 0.2) is 12.7 Å². The van der Waals surface area contributed by atoms with Gasteiger partial charge in [-0.1, -0.05) is 6.58 Å². The molecule has 76 valence electrons. The summed E-state index contributed by atoms with van der Waals surface area (Å²) in [5.74, 6) is -0.263. The highest BCUT2D eigenvalue weighted by atomic mass is 16.3. The molecule has 5 nitrogen and oxygen atoms in total. The number of rotatable bonds is 7. The molecule has 0 spiro atoms. The van der Waals surface area contributed by atoms with Gasteiger partial charge in [0.15, 0.2) is 0 Å². The maximum Gasteiger partial charge on any atom is 0.244 e. The van der Waals surface area contributed by atoms with Gasteiger partial charge in [-0.2, -0.15) is 0 Å². The molecule has 0 aromatic carbocycles. The highest BCUT2D eigenvalue weighted by Gasteiger charge is 2.03. The maximum atomic E-state index is 10.7. The minimum atomic E-state index is -0.263. The fourth-order valence-corrected chi connectivity index (χ4v) is 0.815. The van der Waals surface area contributed by atoms with E-state index in [1.54, 1.807) is 4.90 Å². The summed E-state index contributed by atoms with van der Waals surface area (Å²) in [6, 6.07) is 0. The molecule has 5 heteroatoms. The van der Waals surface area contributed by atoms with Gasteiger partial charge in [0.2, 0.25) is 5.91 Å². The molecule has 0 heterocycles. The number of aliphatic hydroxyl groups excluding tert-OH is 2. The van der Waals surface area contributed by atoms with Gasteiger partial charge in [0.05, 0.1) is 19.9 Å². The Labute approximate surface area is 77.7 Å². The predicted molar refractivity (Wildman–Crippen MR) is 49.0 cm³/mol. The fourth-order valence-electron chi connectivity index (χ4n) is 0.815. The largest absolute Gasteiger partial charge is 0.395 e. The van der Waals surface area contributed by atoms with E-state index in [1.807, 2.05) is 0 Å². The molecule has 1 amide bonds. The van der Waals surface area contributed by atoms with Crippen molar-refractivity contribution in [2.24, 2.45) is 0 Å². The monoisotopic (exact) mass is 188 g/mol. The highest BCUT2D eigenvalue weighted by Crippen LogP contribution is 1.83. The standard InChI is InChI=1S/C8H16N2O3/c1-2-8(13)9-7-10(3-5-11)4-6-12/h2,11-12H,1,3-7H2,(H,9,13). The Balaban J connectivity index is 3.67. The molecule has 0 bridgehead atoms. The van der Waals surface area contributed by atoms with E-state index in [0.717, 1.165) is 0 Å². The van der Waals surface area contributed by atoms with Crippen LogP contribution in [0.25, 0.3) is 0 Å². The number of nitrogens with one attached hydrogen (secondary N) is 1. The molecular formula is C8H16N2O3. The van der Waals surface area contributed by atoms with Crippen molar-refractivity contribution in [3.63, 3.8) is 0 Å². The Bertz CT molecular complexity index is 155. The molecule has 0 aromatic heterocycles. The smallest absolute Gasteiger partial charge is 0.244 e. The van der Waals surface area contributed by atoms with Crippen molar-refractivity contribution in [1.82, 2.24) is 10.2 Å². The van der Waals surface area contributed by atoms with E-state index in [0.29, 0.717) is 19.8 Å². The number of hydrogen-bond acceptors (Lipinski definition) is 4. The van der Waals surface area contributed by atoms with Gasteiger partial charge in [-0.15, -0.1) is 0 Å². The topological polar surface area (TPSA) is 72.8 Å². The van der Waals surface area contributed by atoms with Gasteiger partial charge in [-0.25, -0.2) is 0 Å². The first-order valence-electron chi connectivity index (χ1n) is 4.09. The second kappa shape index (κ2) is 7.72. The second-order valence-electron chi connectivity index (χ2n) is 2.47. The molecule has 0 aliphatic carbocycles. The predicted octanol–water partition coefficient (Wildman–Crippen LogP) is -1.47. The van der Waals surface area contributed by atoms with Gasteiger partial charge in [0, 0.05) is 13.1 Å². The zero-order valence-corrected chi connectivity index (χ0v) is 7.57. The van der Waals surface area contributed by atoms with Crippen molar-refractivity contribution in [1.29, 1.82) is 0 Å². The number of carbonyl (C=O) groups excluding carboxylic acids is 1. The molecule has 13 heavy (non-hydrogen) atoms.